The molecule has 3 nitrogen and oxygen atoms in total. The lowest BCUT2D eigenvalue weighted by Crippen LogP contribution is -2.20. The molecule has 0 bridgehead atoms. The second-order valence-corrected chi connectivity index (χ2v) is 9.20. The fraction of sp³-hybridized carbons (Fsp3) is 0.375. The number of benzene rings is 2. The molecule has 0 fully saturated rings. The highest BCUT2D eigenvalue weighted by Gasteiger charge is 2.17. The normalized spacial score (nSPS) is 12.6. The van der Waals surface area contributed by atoms with Crippen molar-refractivity contribution in [2.24, 2.45) is 5.41 Å². The second-order valence-electron chi connectivity index (χ2n) is 6.44. The maximum absolute atomic E-state index is 12.1. The first kappa shape index (κ1) is 16.3. The highest BCUT2D eigenvalue weighted by Crippen LogP contribution is 2.24. The van der Waals surface area contributed by atoms with Crippen LogP contribution >= 0.6 is 15.9 Å². The van der Waals surface area contributed by atoms with Gasteiger partial charge in [-0.3, -0.25) is 4.72 Å². The van der Waals surface area contributed by atoms with Gasteiger partial charge >= 0.3 is 0 Å². The third-order valence-electron chi connectivity index (χ3n) is 3.20. The van der Waals surface area contributed by atoms with Crippen LogP contribution in [0.2, 0.25) is 0 Å². The van der Waals surface area contributed by atoms with E-state index in [1.807, 2.05) is 51.1 Å². The Kier molecular flexibility index (Phi) is 4.63. The van der Waals surface area contributed by atoms with Gasteiger partial charge in [-0.25, -0.2) is 8.42 Å². The maximum atomic E-state index is 12.1. The SMILES string of the molecule is CC(C)(C)CCS(=O)(=O)Nc1ccc2cc(Br)ccc2c1. The van der Waals surface area contributed by atoms with Gasteiger partial charge in [0.1, 0.15) is 0 Å². The Labute approximate surface area is 134 Å². The molecule has 0 aromatic heterocycles. The molecule has 0 aliphatic rings. The minimum atomic E-state index is -3.30. The topological polar surface area (TPSA) is 46.2 Å². The molecule has 0 spiro atoms. The number of hydrogen-bond acceptors (Lipinski definition) is 2. The fourth-order valence-electron chi connectivity index (χ4n) is 1.95. The molecular formula is C16H20BrNO2S. The zero-order chi connectivity index (χ0) is 15.7. The van der Waals surface area contributed by atoms with Crippen LogP contribution in [0.25, 0.3) is 10.8 Å². The Morgan fingerprint density at radius 2 is 1.67 bits per heavy atom. The van der Waals surface area contributed by atoms with Crippen LogP contribution in [0.3, 0.4) is 0 Å². The number of hydrogen-bond donors (Lipinski definition) is 1. The number of rotatable bonds is 4. The van der Waals surface area contributed by atoms with Gasteiger partial charge in [-0.1, -0.05) is 48.8 Å². The molecule has 0 aliphatic heterocycles. The Morgan fingerprint density at radius 1 is 1.05 bits per heavy atom. The van der Waals surface area contributed by atoms with Crippen LogP contribution in [0.1, 0.15) is 27.2 Å². The van der Waals surface area contributed by atoms with Crippen molar-refractivity contribution in [2.45, 2.75) is 27.2 Å². The number of halogens is 1. The highest BCUT2D eigenvalue weighted by atomic mass is 79.9. The Balaban J connectivity index is 2.17. The summed E-state index contributed by atoms with van der Waals surface area (Å²) in [7, 11) is -3.30. The van der Waals surface area contributed by atoms with Crippen LogP contribution in [-0.2, 0) is 10.0 Å². The van der Waals surface area contributed by atoms with E-state index in [0.717, 1.165) is 15.2 Å². The largest absolute Gasteiger partial charge is 0.284 e. The van der Waals surface area contributed by atoms with Crippen LogP contribution in [0.4, 0.5) is 5.69 Å². The average Bonchev–Trinajstić information content (AvgIpc) is 2.36. The van der Waals surface area contributed by atoms with Gasteiger partial charge in [0.2, 0.25) is 10.0 Å². The summed E-state index contributed by atoms with van der Waals surface area (Å²) in [5.74, 6) is 0.134. The minimum absolute atomic E-state index is 0.00438. The summed E-state index contributed by atoms with van der Waals surface area (Å²) < 4.78 is 27.9. The van der Waals surface area contributed by atoms with Crippen LogP contribution in [-0.4, -0.2) is 14.2 Å². The molecule has 0 saturated heterocycles. The van der Waals surface area contributed by atoms with Gasteiger partial charge in [-0.15, -0.1) is 0 Å². The summed E-state index contributed by atoms with van der Waals surface area (Å²) in [6.45, 7) is 6.11. The van der Waals surface area contributed by atoms with Crippen LogP contribution < -0.4 is 4.72 Å². The summed E-state index contributed by atoms with van der Waals surface area (Å²) in [5.41, 5.74) is 0.614. The van der Waals surface area contributed by atoms with E-state index in [-0.39, 0.29) is 11.2 Å². The van der Waals surface area contributed by atoms with Crippen molar-refractivity contribution in [3.63, 3.8) is 0 Å². The molecule has 0 unspecified atom stereocenters. The standard InChI is InChI=1S/C16H20BrNO2S/c1-16(2,3)8-9-21(19,20)18-15-7-5-12-10-14(17)6-4-13(12)11-15/h4-7,10-11,18H,8-9H2,1-3H3. The Bertz CT molecular complexity index is 748. The average molecular weight is 370 g/mol. The summed E-state index contributed by atoms with van der Waals surface area (Å²) >= 11 is 3.43. The quantitative estimate of drug-likeness (QED) is 0.842. The number of fused-ring (bicyclic) bond motifs is 1. The summed E-state index contributed by atoms with van der Waals surface area (Å²) in [6, 6.07) is 11.5. The van der Waals surface area contributed by atoms with Crippen molar-refractivity contribution in [3.8, 4) is 0 Å². The van der Waals surface area contributed by atoms with Gasteiger partial charge in [0.25, 0.3) is 0 Å². The van der Waals surface area contributed by atoms with Crippen LogP contribution in [0.5, 0.6) is 0 Å². The van der Waals surface area contributed by atoms with Crippen molar-refractivity contribution in [1.29, 1.82) is 0 Å². The summed E-state index contributed by atoms with van der Waals surface area (Å²) in [5, 5.41) is 2.08. The van der Waals surface area contributed by atoms with Gasteiger partial charge in [0.15, 0.2) is 0 Å². The predicted molar refractivity (Wildman–Crippen MR) is 93.1 cm³/mol. The van der Waals surface area contributed by atoms with E-state index in [1.165, 1.54) is 0 Å². The predicted octanol–water partition coefficient (Wildman–Crippen LogP) is 4.78. The Morgan fingerprint density at radius 3 is 2.33 bits per heavy atom. The van der Waals surface area contributed by atoms with Crippen molar-refractivity contribution in [3.05, 3.63) is 40.9 Å². The molecule has 2 rings (SSSR count). The van der Waals surface area contributed by atoms with Crippen molar-refractivity contribution >= 4 is 42.4 Å². The molecule has 2 aromatic carbocycles. The molecule has 0 aliphatic carbocycles. The lowest BCUT2D eigenvalue weighted by Gasteiger charge is -2.18. The van der Waals surface area contributed by atoms with E-state index >= 15 is 0 Å². The maximum Gasteiger partial charge on any atom is 0.232 e. The van der Waals surface area contributed by atoms with Crippen LogP contribution in [0.15, 0.2) is 40.9 Å². The summed E-state index contributed by atoms with van der Waals surface area (Å²) in [4.78, 5) is 0. The summed E-state index contributed by atoms with van der Waals surface area (Å²) in [6.07, 6.45) is 0.628. The van der Waals surface area contributed by atoms with Gasteiger partial charge in [-0.2, -0.15) is 0 Å². The van der Waals surface area contributed by atoms with E-state index < -0.39 is 10.0 Å². The number of nitrogens with one attached hydrogen (secondary N) is 1. The number of anilines is 1. The highest BCUT2D eigenvalue weighted by molar-refractivity contribution is 9.10. The van der Waals surface area contributed by atoms with Crippen LogP contribution in [0, 0.1) is 5.41 Å². The first-order valence-corrected chi connectivity index (χ1v) is 9.29. The lowest BCUT2D eigenvalue weighted by atomic mass is 9.94. The zero-order valence-corrected chi connectivity index (χ0v) is 14.9. The molecule has 1 N–H and O–H groups in total. The van der Waals surface area contributed by atoms with Gasteiger partial charge < -0.3 is 0 Å². The Hall–Kier alpha value is -1.07. The number of sulfonamides is 1. The molecule has 5 heteroatoms. The molecule has 0 amide bonds. The zero-order valence-electron chi connectivity index (χ0n) is 12.5. The smallest absolute Gasteiger partial charge is 0.232 e. The molecule has 2 aromatic rings. The third-order valence-corrected chi connectivity index (χ3v) is 4.98. The van der Waals surface area contributed by atoms with E-state index in [1.54, 1.807) is 6.07 Å². The first-order chi connectivity index (χ1) is 9.65. The van der Waals surface area contributed by atoms with Crippen molar-refractivity contribution in [2.75, 3.05) is 10.5 Å². The fourth-order valence-corrected chi connectivity index (χ4v) is 3.80. The first-order valence-electron chi connectivity index (χ1n) is 6.84. The lowest BCUT2D eigenvalue weighted by molar-refractivity contribution is 0.397. The molecule has 0 heterocycles. The molecule has 0 atom stereocenters. The minimum Gasteiger partial charge on any atom is -0.284 e. The monoisotopic (exact) mass is 369 g/mol. The van der Waals surface area contributed by atoms with Crippen molar-refractivity contribution in [1.82, 2.24) is 0 Å². The second kappa shape index (κ2) is 5.97. The third kappa shape index (κ3) is 5.00. The molecule has 0 radical (unpaired) electrons. The van der Waals surface area contributed by atoms with Gasteiger partial charge in [0.05, 0.1) is 5.75 Å². The van der Waals surface area contributed by atoms with Crippen molar-refractivity contribution < 1.29 is 8.42 Å². The van der Waals surface area contributed by atoms with E-state index in [0.29, 0.717) is 12.1 Å². The van der Waals surface area contributed by atoms with E-state index in [2.05, 4.69) is 20.7 Å². The van der Waals surface area contributed by atoms with E-state index in [9.17, 15) is 8.42 Å². The van der Waals surface area contributed by atoms with Gasteiger partial charge in [-0.05, 0) is 46.9 Å². The molecular weight excluding hydrogens is 350 g/mol. The molecule has 0 saturated carbocycles. The molecule has 114 valence electrons. The van der Waals surface area contributed by atoms with E-state index in [4.69, 9.17) is 0 Å². The van der Waals surface area contributed by atoms with Gasteiger partial charge in [0, 0.05) is 10.2 Å². The molecule has 21 heavy (non-hydrogen) atoms.